The van der Waals surface area contributed by atoms with E-state index in [2.05, 4.69) is 0 Å². The molecule has 10 heteroatoms. The number of carbonyl (C=O) groups is 3. The number of fused-ring (bicyclic) bond motifs is 7. The van der Waals surface area contributed by atoms with Crippen molar-refractivity contribution in [3.05, 3.63) is 23.6 Å². The Morgan fingerprint density at radius 2 is 1.92 bits per heavy atom. The lowest BCUT2D eigenvalue weighted by Gasteiger charge is -2.60. The normalized spacial score (nSPS) is 46.6. The fraction of sp³-hybridized carbons (Fsp3) is 0.741. The van der Waals surface area contributed by atoms with Crippen molar-refractivity contribution in [1.82, 2.24) is 0 Å². The Morgan fingerprint density at radius 1 is 1.24 bits per heavy atom. The summed E-state index contributed by atoms with van der Waals surface area (Å²) in [6, 6.07) is 0. The molecule has 1 saturated heterocycles. The van der Waals surface area contributed by atoms with Gasteiger partial charge < -0.3 is 19.3 Å². The van der Waals surface area contributed by atoms with Gasteiger partial charge >= 0.3 is 12.3 Å². The topological polar surface area (TPSA) is 99.1 Å². The number of esters is 1. The Kier molecular flexibility index (Phi) is 5.91. The van der Waals surface area contributed by atoms with E-state index in [9.17, 15) is 23.9 Å². The lowest BCUT2D eigenvalue weighted by molar-refractivity contribution is -0.232. The van der Waals surface area contributed by atoms with E-state index in [4.69, 9.17) is 14.2 Å². The van der Waals surface area contributed by atoms with Gasteiger partial charge in [0.15, 0.2) is 17.2 Å². The Balaban J connectivity index is 1.59. The molecule has 1 aliphatic heterocycles. The average molecular weight is 527 g/mol. The van der Waals surface area contributed by atoms with Gasteiger partial charge in [-0.05, 0) is 51.0 Å². The van der Waals surface area contributed by atoms with E-state index in [1.807, 2.05) is 0 Å². The molecular formula is C27H33F3O7. The van der Waals surface area contributed by atoms with Gasteiger partial charge in [0.25, 0.3) is 0 Å². The Bertz CT molecular complexity index is 1120. The zero-order valence-corrected chi connectivity index (χ0v) is 21.6. The molecule has 1 N–H and O–H groups in total. The van der Waals surface area contributed by atoms with Gasteiger partial charge in [0, 0.05) is 28.7 Å². The van der Waals surface area contributed by atoms with Crippen LogP contribution in [0.3, 0.4) is 0 Å². The smallest absolute Gasteiger partial charge is 0.308 e. The van der Waals surface area contributed by atoms with E-state index in [0.717, 1.165) is 6.08 Å². The van der Waals surface area contributed by atoms with Crippen molar-refractivity contribution < 1.29 is 46.9 Å². The molecule has 7 nitrogen and oxygen atoms in total. The van der Waals surface area contributed by atoms with Crippen LogP contribution >= 0.6 is 0 Å². The van der Waals surface area contributed by atoms with E-state index in [0.29, 0.717) is 0 Å². The summed E-state index contributed by atoms with van der Waals surface area (Å²) in [5, 5.41) is 11.6. The maximum Gasteiger partial charge on any atom is 0.308 e. The molecule has 4 fully saturated rings. The molecule has 5 rings (SSSR count). The van der Waals surface area contributed by atoms with Crippen molar-refractivity contribution in [1.29, 1.82) is 0 Å². The highest BCUT2D eigenvalue weighted by atomic mass is 19.1. The lowest BCUT2D eigenvalue weighted by Crippen LogP contribution is -2.65. The predicted molar refractivity (Wildman–Crippen MR) is 123 cm³/mol. The number of hydrogen-bond donors (Lipinski definition) is 1. The number of aliphatic hydroxyl groups excluding tert-OH is 1. The number of hydrogen-bond acceptors (Lipinski definition) is 7. The molecular weight excluding hydrogens is 493 g/mol. The summed E-state index contributed by atoms with van der Waals surface area (Å²) in [6.07, 6.45) is -4.07. The van der Waals surface area contributed by atoms with Crippen molar-refractivity contribution in [3.8, 4) is 0 Å². The largest absolute Gasteiger partial charge is 0.423 e. The van der Waals surface area contributed by atoms with E-state index in [1.165, 1.54) is 13.0 Å². The van der Waals surface area contributed by atoms with Gasteiger partial charge in [0.2, 0.25) is 11.6 Å². The number of ether oxygens (including phenoxy) is 3. The van der Waals surface area contributed by atoms with E-state index >= 15 is 8.78 Å². The maximum absolute atomic E-state index is 15.6. The third kappa shape index (κ3) is 3.40. The highest BCUT2D eigenvalue weighted by Crippen LogP contribution is 2.71. The predicted octanol–water partition coefficient (Wildman–Crippen LogP) is 3.83. The zero-order chi connectivity index (χ0) is 27.3. The van der Waals surface area contributed by atoms with Crippen LogP contribution in [0.1, 0.15) is 60.3 Å². The first-order valence-corrected chi connectivity index (χ1v) is 12.8. The van der Waals surface area contributed by atoms with Crippen molar-refractivity contribution in [2.45, 2.75) is 96.4 Å². The van der Waals surface area contributed by atoms with Crippen LogP contribution in [0.25, 0.3) is 0 Å². The highest BCUT2D eigenvalue weighted by molar-refractivity contribution is 6.04. The van der Waals surface area contributed by atoms with Crippen LogP contribution in [-0.2, 0) is 28.6 Å². The molecule has 3 saturated carbocycles. The molecule has 5 aliphatic rings. The number of carbonyl (C=O) groups excluding carboxylic acids is 3. The minimum atomic E-state index is -2.60. The van der Waals surface area contributed by atoms with Crippen LogP contribution in [0.5, 0.6) is 0 Å². The standard InChI is InChI=1S/C27H33F3O7/c1-6-18(33)35-23(30)22(34)27-17(36-24(2,3)37-27)10-13-12-9-14(28)20-21(29)15(31)7-8-25(20,4)19(12)16(32)11-26(13,27)5/h7-8,12-14,16-17,19,23,32H,6,9-11H2,1-5H3/t12-,13-,14-,16-,17+,19+,23?,25+,26-,27-/m0/s1. The molecule has 37 heavy (non-hydrogen) atoms. The van der Waals surface area contributed by atoms with Crippen LogP contribution in [0.2, 0.25) is 0 Å². The second-order valence-corrected chi connectivity index (χ2v) is 12.0. The maximum atomic E-state index is 15.6. The summed E-state index contributed by atoms with van der Waals surface area (Å²) >= 11 is 0. The van der Waals surface area contributed by atoms with Crippen molar-refractivity contribution in [2.75, 3.05) is 0 Å². The first kappa shape index (κ1) is 26.6. The van der Waals surface area contributed by atoms with E-state index in [1.54, 1.807) is 27.7 Å². The fourth-order valence-corrected chi connectivity index (χ4v) is 8.38. The first-order valence-electron chi connectivity index (χ1n) is 12.8. The van der Waals surface area contributed by atoms with Crippen molar-refractivity contribution in [2.24, 2.45) is 28.6 Å². The zero-order valence-electron chi connectivity index (χ0n) is 21.6. The van der Waals surface area contributed by atoms with Crippen LogP contribution in [0.4, 0.5) is 13.2 Å². The number of rotatable bonds is 4. The third-order valence-electron chi connectivity index (χ3n) is 9.64. The number of allylic oxidation sites excluding steroid dienone is 4. The van der Waals surface area contributed by atoms with Crippen LogP contribution in [0.15, 0.2) is 23.6 Å². The van der Waals surface area contributed by atoms with Gasteiger partial charge in [-0.3, -0.25) is 14.4 Å². The average Bonchev–Trinajstić information content (AvgIpc) is 3.21. The number of alkyl halides is 2. The summed E-state index contributed by atoms with van der Waals surface area (Å²) in [4.78, 5) is 37.5. The van der Waals surface area contributed by atoms with Crippen molar-refractivity contribution in [3.63, 3.8) is 0 Å². The molecule has 0 bridgehead atoms. The van der Waals surface area contributed by atoms with Crippen LogP contribution < -0.4 is 0 Å². The summed E-state index contributed by atoms with van der Waals surface area (Å²) in [5.74, 6) is -6.96. The molecule has 1 heterocycles. The first-order chi connectivity index (χ1) is 17.1. The Labute approximate surface area is 213 Å². The molecule has 10 atom stereocenters. The molecule has 0 spiro atoms. The number of halogens is 3. The minimum Gasteiger partial charge on any atom is -0.423 e. The molecule has 4 aliphatic carbocycles. The summed E-state index contributed by atoms with van der Waals surface area (Å²) < 4.78 is 62.8. The van der Waals surface area contributed by atoms with Gasteiger partial charge in [-0.15, -0.1) is 0 Å². The fourth-order valence-electron chi connectivity index (χ4n) is 8.38. The molecule has 0 amide bonds. The lowest BCUT2D eigenvalue weighted by atomic mass is 9.45. The summed E-state index contributed by atoms with van der Waals surface area (Å²) in [5.41, 5.74) is -4.61. The SMILES string of the molecule is CCC(=O)OC(F)C(=O)[C@@]12OC(C)(C)O[C@@H]1C[C@H]1[C@@H]3C[C@H](F)C4=C(F)C(=O)C=C[C@]4(C)[C@H]3[C@@H](O)C[C@@]12C. The monoisotopic (exact) mass is 526 g/mol. The van der Waals surface area contributed by atoms with Crippen LogP contribution in [-0.4, -0.2) is 58.8 Å². The summed E-state index contributed by atoms with van der Waals surface area (Å²) in [6.45, 7) is 7.98. The Morgan fingerprint density at radius 3 is 2.57 bits per heavy atom. The molecule has 0 aromatic heterocycles. The molecule has 204 valence electrons. The van der Waals surface area contributed by atoms with E-state index in [-0.39, 0.29) is 31.3 Å². The van der Waals surface area contributed by atoms with Gasteiger partial charge in [-0.1, -0.05) is 26.8 Å². The summed E-state index contributed by atoms with van der Waals surface area (Å²) in [7, 11) is 0. The van der Waals surface area contributed by atoms with E-state index < -0.39 is 88.1 Å². The number of Topliss-reactive ketones (excluding diaryl/α,β-unsaturated/α-hetero) is 1. The molecule has 0 aromatic carbocycles. The second kappa shape index (κ2) is 8.23. The molecule has 1 unspecified atom stereocenters. The highest BCUT2D eigenvalue weighted by Gasteiger charge is 2.78. The van der Waals surface area contributed by atoms with Gasteiger partial charge in [0.05, 0.1) is 12.2 Å². The molecule has 0 radical (unpaired) electrons. The number of aliphatic hydroxyl groups is 1. The van der Waals surface area contributed by atoms with Crippen molar-refractivity contribution >= 4 is 17.5 Å². The molecule has 0 aromatic rings. The minimum absolute atomic E-state index is 0.0435. The third-order valence-corrected chi connectivity index (χ3v) is 9.64. The number of ketones is 2. The van der Waals surface area contributed by atoms with Gasteiger partial charge in [-0.25, -0.2) is 8.78 Å². The Hall–Kier alpha value is -2.04. The van der Waals surface area contributed by atoms with Gasteiger partial charge in [0.1, 0.15) is 6.17 Å². The van der Waals surface area contributed by atoms with Gasteiger partial charge in [-0.2, -0.15) is 4.39 Å². The quantitative estimate of drug-likeness (QED) is 0.556. The second-order valence-electron chi connectivity index (χ2n) is 12.0. The van der Waals surface area contributed by atoms with Crippen LogP contribution in [0, 0.1) is 28.6 Å².